The second kappa shape index (κ2) is 9.97. The van der Waals surface area contributed by atoms with Crippen LogP contribution in [0.3, 0.4) is 0 Å². The van der Waals surface area contributed by atoms with E-state index in [4.69, 9.17) is 25.8 Å². The van der Waals surface area contributed by atoms with Gasteiger partial charge in [0.15, 0.2) is 12.4 Å². The molecule has 0 saturated carbocycles. The largest absolute Gasteiger partial charge is 0.497 e. The molecule has 1 aromatic heterocycles. The summed E-state index contributed by atoms with van der Waals surface area (Å²) in [5.74, 6) is -0.912. The van der Waals surface area contributed by atoms with Crippen molar-refractivity contribution < 1.29 is 37.0 Å². The van der Waals surface area contributed by atoms with E-state index >= 15 is 0 Å². The zero-order valence-electron chi connectivity index (χ0n) is 15.7. The lowest BCUT2D eigenvalue weighted by atomic mass is 10.2. The fraction of sp³-hybridized carbons (Fsp3) is 0.211. The van der Waals surface area contributed by atoms with E-state index < -0.39 is 35.2 Å². The number of amides is 1. The van der Waals surface area contributed by atoms with Crippen LogP contribution in [0.25, 0.3) is 6.08 Å². The van der Waals surface area contributed by atoms with Crippen LogP contribution in [0.5, 0.6) is 11.5 Å². The summed E-state index contributed by atoms with van der Waals surface area (Å²) in [5.41, 5.74) is -0.489. The zero-order valence-corrected chi connectivity index (χ0v) is 16.5. The van der Waals surface area contributed by atoms with Crippen molar-refractivity contribution in [3.05, 3.63) is 52.7 Å². The maximum atomic E-state index is 12.6. The van der Waals surface area contributed by atoms with Crippen LogP contribution in [0.15, 0.2) is 36.5 Å². The number of methoxy groups -OCH3 is 2. The lowest BCUT2D eigenvalue weighted by Crippen LogP contribution is -2.21. The van der Waals surface area contributed by atoms with E-state index in [1.807, 2.05) is 0 Å². The van der Waals surface area contributed by atoms with Crippen LogP contribution < -0.4 is 14.8 Å². The second-order valence-electron chi connectivity index (χ2n) is 5.65. The Balaban J connectivity index is 1.92. The van der Waals surface area contributed by atoms with Gasteiger partial charge in [0, 0.05) is 23.9 Å². The van der Waals surface area contributed by atoms with Crippen LogP contribution in [0.1, 0.15) is 11.1 Å². The fourth-order valence-electron chi connectivity index (χ4n) is 2.15. The Hall–Kier alpha value is -3.27. The molecule has 1 amide bonds. The third-order valence-electron chi connectivity index (χ3n) is 3.61. The third kappa shape index (κ3) is 6.38. The van der Waals surface area contributed by atoms with E-state index in [2.05, 4.69) is 10.3 Å². The number of carbonyl (C=O) groups excluding carboxylic acids is 2. The SMILES string of the molecule is COc1ccc(/C=C/C(=O)OCC(=O)Nc2ncc(C(F)(F)F)cc2Cl)c(OC)c1. The first kappa shape index (κ1) is 23.0. The van der Waals surface area contributed by atoms with Crippen molar-refractivity contribution in [2.75, 3.05) is 26.1 Å². The van der Waals surface area contributed by atoms with Crippen molar-refractivity contribution in [1.29, 1.82) is 0 Å². The van der Waals surface area contributed by atoms with E-state index in [1.165, 1.54) is 20.3 Å². The number of hydrogen-bond donors (Lipinski definition) is 1. The third-order valence-corrected chi connectivity index (χ3v) is 3.90. The first-order valence-electron chi connectivity index (χ1n) is 8.23. The standard InChI is InChI=1S/C19H16ClF3N2O5/c1-28-13-5-3-11(15(8-13)29-2)4-6-17(27)30-10-16(26)25-18-14(20)7-12(9-24-18)19(21,22)23/h3-9H,10H2,1-2H3,(H,24,25,26)/b6-4+. The van der Waals surface area contributed by atoms with Crippen LogP contribution in [-0.2, 0) is 20.5 Å². The predicted molar refractivity (Wildman–Crippen MR) is 102 cm³/mol. The minimum Gasteiger partial charge on any atom is -0.497 e. The first-order chi connectivity index (χ1) is 14.1. The molecule has 0 atom stereocenters. The minimum absolute atomic E-state index is 0.288. The van der Waals surface area contributed by atoms with Crippen LogP contribution >= 0.6 is 11.6 Å². The Bertz CT molecular complexity index is 964. The molecule has 11 heteroatoms. The highest BCUT2D eigenvalue weighted by Crippen LogP contribution is 2.32. The molecule has 1 N–H and O–H groups in total. The summed E-state index contributed by atoms with van der Waals surface area (Å²) in [6.45, 7) is -0.693. The molecule has 0 fully saturated rings. The quantitative estimate of drug-likeness (QED) is 0.513. The molecule has 0 spiro atoms. The molecule has 160 valence electrons. The number of ether oxygens (including phenoxy) is 3. The van der Waals surface area contributed by atoms with Crippen LogP contribution in [0, 0.1) is 0 Å². The molecule has 1 aromatic carbocycles. The number of benzene rings is 1. The molecule has 0 aliphatic rings. The molecule has 0 saturated heterocycles. The van der Waals surface area contributed by atoms with E-state index in [1.54, 1.807) is 18.2 Å². The number of nitrogens with one attached hydrogen (secondary N) is 1. The highest BCUT2D eigenvalue weighted by Gasteiger charge is 2.31. The van der Waals surface area contributed by atoms with Crippen molar-refractivity contribution in [2.24, 2.45) is 0 Å². The van der Waals surface area contributed by atoms with Gasteiger partial charge in [-0.2, -0.15) is 13.2 Å². The molecule has 0 aliphatic heterocycles. The molecule has 2 rings (SSSR count). The van der Waals surface area contributed by atoms with Crippen LogP contribution in [0.2, 0.25) is 5.02 Å². The molecule has 0 aliphatic carbocycles. The average molecular weight is 445 g/mol. The van der Waals surface area contributed by atoms with Gasteiger partial charge in [0.2, 0.25) is 0 Å². The van der Waals surface area contributed by atoms with Gasteiger partial charge in [-0.1, -0.05) is 11.6 Å². The van der Waals surface area contributed by atoms with Gasteiger partial charge in [0.05, 0.1) is 24.8 Å². The second-order valence-corrected chi connectivity index (χ2v) is 6.06. The molecule has 2 aromatic rings. The number of hydrogen-bond acceptors (Lipinski definition) is 6. The normalized spacial score (nSPS) is 11.3. The summed E-state index contributed by atoms with van der Waals surface area (Å²) in [4.78, 5) is 27.1. The van der Waals surface area contributed by atoms with E-state index in [9.17, 15) is 22.8 Å². The molecular formula is C19H16ClF3N2O5. The number of pyridine rings is 1. The zero-order chi connectivity index (χ0) is 22.3. The highest BCUT2D eigenvalue weighted by molar-refractivity contribution is 6.33. The van der Waals surface area contributed by atoms with Gasteiger partial charge in [0.1, 0.15) is 11.5 Å². The van der Waals surface area contributed by atoms with Gasteiger partial charge in [0.25, 0.3) is 5.91 Å². The minimum atomic E-state index is -4.62. The molecule has 0 unspecified atom stereocenters. The maximum Gasteiger partial charge on any atom is 0.417 e. The Kier molecular flexibility index (Phi) is 7.65. The predicted octanol–water partition coefficient (Wildman–Crippen LogP) is 3.97. The summed E-state index contributed by atoms with van der Waals surface area (Å²) in [6, 6.07) is 5.58. The number of carbonyl (C=O) groups is 2. The molecule has 0 bridgehead atoms. The summed E-state index contributed by atoms with van der Waals surface area (Å²) < 4.78 is 52.8. The number of alkyl halides is 3. The van der Waals surface area contributed by atoms with Crippen molar-refractivity contribution >= 4 is 35.4 Å². The monoisotopic (exact) mass is 444 g/mol. The van der Waals surface area contributed by atoms with Gasteiger partial charge in [-0.25, -0.2) is 9.78 Å². The Morgan fingerprint density at radius 2 is 1.93 bits per heavy atom. The summed E-state index contributed by atoms with van der Waals surface area (Å²) >= 11 is 5.69. The average Bonchev–Trinajstić information content (AvgIpc) is 2.71. The van der Waals surface area contributed by atoms with Crippen molar-refractivity contribution in [1.82, 2.24) is 4.98 Å². The first-order valence-corrected chi connectivity index (χ1v) is 8.61. The Labute approximate surface area is 174 Å². The summed E-state index contributed by atoms with van der Waals surface area (Å²) in [5, 5.41) is 1.76. The van der Waals surface area contributed by atoms with E-state index in [-0.39, 0.29) is 5.82 Å². The Morgan fingerprint density at radius 3 is 2.53 bits per heavy atom. The number of esters is 1. The number of halogens is 4. The van der Waals surface area contributed by atoms with Gasteiger partial charge >= 0.3 is 12.1 Å². The smallest absolute Gasteiger partial charge is 0.417 e. The molecule has 30 heavy (non-hydrogen) atoms. The Morgan fingerprint density at radius 1 is 1.20 bits per heavy atom. The number of rotatable bonds is 7. The lowest BCUT2D eigenvalue weighted by molar-refractivity contribution is -0.142. The van der Waals surface area contributed by atoms with Crippen molar-refractivity contribution in [3.8, 4) is 11.5 Å². The van der Waals surface area contributed by atoms with Crippen molar-refractivity contribution in [3.63, 3.8) is 0 Å². The fourth-order valence-corrected chi connectivity index (χ4v) is 2.37. The summed E-state index contributed by atoms with van der Waals surface area (Å²) in [7, 11) is 2.95. The molecule has 0 radical (unpaired) electrons. The number of aromatic nitrogens is 1. The topological polar surface area (TPSA) is 86.8 Å². The van der Waals surface area contributed by atoms with Crippen molar-refractivity contribution in [2.45, 2.75) is 6.18 Å². The highest BCUT2D eigenvalue weighted by atomic mass is 35.5. The van der Waals surface area contributed by atoms with E-state index in [0.29, 0.717) is 29.3 Å². The molecular weight excluding hydrogens is 429 g/mol. The van der Waals surface area contributed by atoms with Gasteiger partial charge < -0.3 is 19.5 Å². The maximum absolute atomic E-state index is 12.6. The molecule has 7 nitrogen and oxygen atoms in total. The van der Waals surface area contributed by atoms with E-state index in [0.717, 1.165) is 6.08 Å². The number of nitrogens with zero attached hydrogens (tertiary/aromatic N) is 1. The van der Waals surface area contributed by atoms with Gasteiger partial charge in [-0.15, -0.1) is 0 Å². The lowest BCUT2D eigenvalue weighted by Gasteiger charge is -2.10. The van der Waals surface area contributed by atoms with Crippen LogP contribution in [-0.4, -0.2) is 37.7 Å². The van der Waals surface area contributed by atoms with Gasteiger partial charge in [-0.05, 0) is 24.3 Å². The molecule has 1 heterocycles. The number of anilines is 1. The summed E-state index contributed by atoms with van der Waals surface area (Å²) in [6.07, 6.45) is -1.58. The van der Waals surface area contributed by atoms with Crippen LogP contribution in [0.4, 0.5) is 19.0 Å². The van der Waals surface area contributed by atoms with Gasteiger partial charge in [-0.3, -0.25) is 4.79 Å².